The van der Waals surface area contributed by atoms with Crippen LogP contribution in [-0.2, 0) is 16.4 Å². The molecule has 1 saturated carbocycles. The molecule has 1 aliphatic carbocycles. The lowest BCUT2D eigenvalue weighted by Crippen LogP contribution is -2.34. The first kappa shape index (κ1) is 21.0. The maximum atomic E-state index is 12.9. The summed E-state index contributed by atoms with van der Waals surface area (Å²) in [5.74, 6) is 0.422. The minimum atomic E-state index is -3.19. The molecule has 3 rings (SSSR count). The number of rotatable bonds is 8. The maximum Gasteiger partial charge on any atom is 0.261 e. The van der Waals surface area contributed by atoms with Gasteiger partial charge in [0, 0.05) is 11.4 Å². The van der Waals surface area contributed by atoms with Crippen molar-refractivity contribution in [1.82, 2.24) is 10.0 Å². The van der Waals surface area contributed by atoms with Crippen molar-refractivity contribution in [3.8, 4) is 0 Å². The van der Waals surface area contributed by atoms with Gasteiger partial charge in [-0.05, 0) is 42.9 Å². The van der Waals surface area contributed by atoms with E-state index in [-0.39, 0.29) is 11.9 Å². The third kappa shape index (κ3) is 6.15. The summed E-state index contributed by atoms with van der Waals surface area (Å²) in [4.78, 5) is 14.6. The van der Waals surface area contributed by atoms with E-state index in [9.17, 15) is 13.2 Å². The molecule has 0 bridgehead atoms. The highest BCUT2D eigenvalue weighted by molar-refractivity contribution is 7.88. The Bertz CT molecular complexity index is 872. The molecule has 1 aliphatic rings. The molecule has 1 heterocycles. The third-order valence-corrected chi connectivity index (χ3v) is 7.06. The van der Waals surface area contributed by atoms with Gasteiger partial charge in [-0.2, -0.15) is 0 Å². The van der Waals surface area contributed by atoms with Gasteiger partial charge in [0.2, 0.25) is 10.0 Å². The molecule has 1 aromatic heterocycles. The number of hydrogen-bond donors (Lipinski definition) is 2. The molecule has 2 aromatic rings. The van der Waals surface area contributed by atoms with E-state index in [1.54, 1.807) is 0 Å². The van der Waals surface area contributed by atoms with Crippen LogP contribution in [-0.4, -0.2) is 27.1 Å². The Hall–Kier alpha value is -1.70. The van der Waals surface area contributed by atoms with Crippen LogP contribution in [0.4, 0.5) is 0 Å². The van der Waals surface area contributed by atoms with Gasteiger partial charge < -0.3 is 5.32 Å². The monoisotopic (exact) mass is 420 g/mol. The topological polar surface area (TPSA) is 75.3 Å². The van der Waals surface area contributed by atoms with E-state index >= 15 is 0 Å². The highest BCUT2D eigenvalue weighted by atomic mass is 32.2. The Morgan fingerprint density at radius 1 is 1.11 bits per heavy atom. The molecule has 1 fully saturated rings. The zero-order valence-electron chi connectivity index (χ0n) is 16.2. The molecule has 1 unspecified atom stereocenters. The maximum absolute atomic E-state index is 12.9. The molecule has 0 saturated heterocycles. The van der Waals surface area contributed by atoms with Crippen LogP contribution >= 0.6 is 11.3 Å². The van der Waals surface area contributed by atoms with Crippen molar-refractivity contribution >= 4 is 27.3 Å². The summed E-state index contributed by atoms with van der Waals surface area (Å²) in [5.41, 5.74) is 1.16. The van der Waals surface area contributed by atoms with Crippen LogP contribution in [0.15, 0.2) is 42.5 Å². The third-order valence-electron chi connectivity index (χ3n) is 5.19. The Morgan fingerprint density at radius 2 is 1.82 bits per heavy atom. The highest BCUT2D eigenvalue weighted by Crippen LogP contribution is 2.34. The summed E-state index contributed by atoms with van der Waals surface area (Å²) < 4.78 is 24.8. The quantitative estimate of drug-likeness (QED) is 0.680. The molecule has 2 N–H and O–H groups in total. The smallest absolute Gasteiger partial charge is 0.261 e. The largest absolute Gasteiger partial charge is 0.344 e. The van der Waals surface area contributed by atoms with Crippen molar-refractivity contribution in [3.05, 3.63) is 57.8 Å². The molecule has 0 radical (unpaired) electrons. The second-order valence-corrected chi connectivity index (χ2v) is 10.4. The van der Waals surface area contributed by atoms with Gasteiger partial charge in [0.05, 0.1) is 17.2 Å². The van der Waals surface area contributed by atoms with Gasteiger partial charge in [0.15, 0.2) is 0 Å². The molecular formula is C21H28N2O3S2. The lowest BCUT2D eigenvalue weighted by atomic mass is 9.81. The molecule has 0 aliphatic heterocycles. The predicted octanol–water partition coefficient (Wildman–Crippen LogP) is 3.89. The van der Waals surface area contributed by atoms with Crippen molar-refractivity contribution in [1.29, 1.82) is 0 Å². The first-order valence-corrected chi connectivity index (χ1v) is 12.5. The number of hydrogen-bond acceptors (Lipinski definition) is 4. The van der Waals surface area contributed by atoms with Gasteiger partial charge >= 0.3 is 0 Å². The Kier molecular flexibility index (Phi) is 7.26. The Balaban J connectivity index is 1.66. The van der Waals surface area contributed by atoms with Crippen LogP contribution in [0.3, 0.4) is 0 Å². The van der Waals surface area contributed by atoms with E-state index < -0.39 is 10.0 Å². The average Bonchev–Trinajstić information content (AvgIpc) is 3.15. The van der Waals surface area contributed by atoms with Crippen LogP contribution in [0.2, 0.25) is 0 Å². The average molecular weight is 421 g/mol. The first-order chi connectivity index (χ1) is 13.4. The van der Waals surface area contributed by atoms with Crippen LogP contribution in [0.5, 0.6) is 0 Å². The van der Waals surface area contributed by atoms with Crippen LogP contribution in [0.25, 0.3) is 0 Å². The summed E-state index contributed by atoms with van der Waals surface area (Å²) in [6.07, 6.45) is 7.74. The number of carbonyl (C=O) groups excluding carboxylic acids is 1. The molecule has 1 atom stereocenters. The van der Waals surface area contributed by atoms with Crippen molar-refractivity contribution in [3.63, 3.8) is 0 Å². The SMILES string of the molecule is CS(=O)(=O)NCCc1ccc(C(=O)NC(c2ccccc2)C2CCCCC2)s1. The summed E-state index contributed by atoms with van der Waals surface area (Å²) in [7, 11) is -3.19. The van der Waals surface area contributed by atoms with Gasteiger partial charge in [-0.25, -0.2) is 13.1 Å². The number of nitrogens with one attached hydrogen (secondary N) is 2. The van der Waals surface area contributed by atoms with E-state index in [1.807, 2.05) is 30.3 Å². The lowest BCUT2D eigenvalue weighted by molar-refractivity contribution is 0.0916. The fraction of sp³-hybridized carbons (Fsp3) is 0.476. The van der Waals surface area contributed by atoms with E-state index in [0.29, 0.717) is 23.8 Å². The van der Waals surface area contributed by atoms with Crippen LogP contribution in [0, 0.1) is 5.92 Å². The van der Waals surface area contributed by atoms with Crippen molar-refractivity contribution in [2.24, 2.45) is 5.92 Å². The minimum Gasteiger partial charge on any atom is -0.344 e. The predicted molar refractivity (Wildman–Crippen MR) is 114 cm³/mol. The second-order valence-electron chi connectivity index (χ2n) is 7.44. The molecule has 0 spiro atoms. The number of thiophene rings is 1. The summed E-state index contributed by atoms with van der Waals surface area (Å²) in [6.45, 7) is 0.342. The fourth-order valence-electron chi connectivity index (χ4n) is 3.81. The molecule has 152 valence electrons. The number of carbonyl (C=O) groups is 1. The molecule has 7 heteroatoms. The van der Waals surface area contributed by atoms with Crippen LogP contribution in [0.1, 0.15) is 58.3 Å². The first-order valence-electron chi connectivity index (χ1n) is 9.81. The highest BCUT2D eigenvalue weighted by Gasteiger charge is 2.27. The zero-order chi connectivity index (χ0) is 20.0. The van der Waals surface area contributed by atoms with E-state index in [0.717, 1.165) is 29.5 Å². The number of amides is 1. The molecule has 5 nitrogen and oxygen atoms in total. The van der Waals surface area contributed by atoms with Crippen molar-refractivity contribution in [2.45, 2.75) is 44.6 Å². The molecule has 1 amide bonds. The summed E-state index contributed by atoms with van der Waals surface area (Å²) in [6, 6.07) is 14.0. The second kappa shape index (κ2) is 9.67. The van der Waals surface area contributed by atoms with E-state index in [4.69, 9.17) is 0 Å². The summed E-state index contributed by atoms with van der Waals surface area (Å²) in [5, 5.41) is 3.27. The molecular weight excluding hydrogens is 392 g/mol. The van der Waals surface area contributed by atoms with Gasteiger partial charge in [-0.15, -0.1) is 11.3 Å². The minimum absolute atomic E-state index is 0.0338. The fourth-order valence-corrected chi connectivity index (χ4v) is 5.19. The van der Waals surface area contributed by atoms with Gasteiger partial charge in [-0.3, -0.25) is 4.79 Å². The normalized spacial score (nSPS) is 16.6. The van der Waals surface area contributed by atoms with Crippen molar-refractivity contribution < 1.29 is 13.2 Å². The Morgan fingerprint density at radius 3 is 2.50 bits per heavy atom. The number of benzene rings is 1. The van der Waals surface area contributed by atoms with Crippen molar-refractivity contribution in [2.75, 3.05) is 12.8 Å². The van der Waals surface area contributed by atoms with E-state index in [2.05, 4.69) is 22.2 Å². The van der Waals surface area contributed by atoms with Gasteiger partial charge in [0.25, 0.3) is 5.91 Å². The molecule has 1 aromatic carbocycles. The zero-order valence-corrected chi connectivity index (χ0v) is 17.8. The molecule has 28 heavy (non-hydrogen) atoms. The van der Waals surface area contributed by atoms with E-state index in [1.165, 1.54) is 30.6 Å². The lowest BCUT2D eigenvalue weighted by Gasteiger charge is -2.31. The number of sulfonamides is 1. The summed E-state index contributed by atoms with van der Waals surface area (Å²) >= 11 is 1.43. The van der Waals surface area contributed by atoms with Crippen LogP contribution < -0.4 is 10.0 Å². The Labute approximate surface area is 171 Å². The van der Waals surface area contributed by atoms with Gasteiger partial charge in [0.1, 0.15) is 0 Å². The van der Waals surface area contributed by atoms with Gasteiger partial charge in [-0.1, -0.05) is 49.6 Å². The standard InChI is InChI=1S/C21H28N2O3S2/c1-28(25,26)22-15-14-18-12-13-19(27-18)21(24)23-20(16-8-4-2-5-9-16)17-10-6-3-7-11-17/h2,4-5,8-9,12-13,17,20,22H,3,6-7,10-11,14-15H2,1H3,(H,23,24).